The zero-order chi connectivity index (χ0) is 32.7. The van der Waals surface area contributed by atoms with Gasteiger partial charge < -0.3 is 19.1 Å². The first kappa shape index (κ1) is 33.3. The predicted molar refractivity (Wildman–Crippen MR) is 181 cm³/mol. The quantitative estimate of drug-likeness (QED) is 0.301. The van der Waals surface area contributed by atoms with E-state index in [1.807, 2.05) is 25.1 Å². The normalized spacial score (nSPS) is 33.1. The summed E-state index contributed by atoms with van der Waals surface area (Å²) in [4.78, 5) is 15.9. The first-order valence-electron chi connectivity index (χ1n) is 16.6. The predicted octanol–water partition coefficient (Wildman–Crippen LogP) is 6.31. The van der Waals surface area contributed by atoms with Crippen LogP contribution in [0, 0.1) is 17.8 Å². The van der Waals surface area contributed by atoms with E-state index in [-0.39, 0.29) is 17.3 Å². The number of aryl methyl sites for hydroxylation is 1. The van der Waals surface area contributed by atoms with Crippen LogP contribution in [0.1, 0.15) is 74.4 Å². The molecule has 8 nitrogen and oxygen atoms in total. The second kappa shape index (κ2) is 13.1. The molecule has 2 aromatic rings. The third kappa shape index (κ3) is 6.45. The molecule has 2 aromatic carbocycles. The van der Waals surface area contributed by atoms with Crippen LogP contribution in [0.5, 0.6) is 5.75 Å². The topological polar surface area (TPSA) is 94.2 Å². The number of anilines is 1. The number of amides is 1. The zero-order valence-electron chi connectivity index (χ0n) is 27.4. The van der Waals surface area contributed by atoms with E-state index in [9.17, 15) is 13.2 Å². The van der Waals surface area contributed by atoms with E-state index in [1.54, 1.807) is 20.1 Å². The van der Waals surface area contributed by atoms with Crippen molar-refractivity contribution in [3.63, 3.8) is 0 Å². The van der Waals surface area contributed by atoms with Gasteiger partial charge in [-0.05, 0) is 112 Å². The third-order valence-corrected chi connectivity index (χ3v) is 13.2. The summed E-state index contributed by atoms with van der Waals surface area (Å²) in [6.07, 6.45) is 9.84. The fraction of sp³-hybridized carbons (Fsp3) is 0.583. The molecule has 2 bridgehead atoms. The Morgan fingerprint density at radius 2 is 1.96 bits per heavy atom. The molecule has 1 N–H and O–H groups in total. The van der Waals surface area contributed by atoms with Crippen LogP contribution in [0.2, 0.25) is 5.02 Å². The number of nitrogens with zero attached hydrogens (tertiary/aromatic N) is 1. The molecule has 2 aliphatic heterocycles. The lowest BCUT2D eigenvalue weighted by Crippen LogP contribution is -2.52. The molecule has 2 aliphatic carbocycles. The highest BCUT2D eigenvalue weighted by molar-refractivity contribution is 7.90. The van der Waals surface area contributed by atoms with Crippen LogP contribution in [-0.2, 0) is 31.3 Å². The van der Waals surface area contributed by atoms with Crippen molar-refractivity contribution in [3.8, 4) is 5.75 Å². The van der Waals surface area contributed by atoms with Gasteiger partial charge in [-0.15, -0.1) is 0 Å². The number of nitrogens with one attached hydrogen (secondary N) is 1. The maximum Gasteiger partial charge on any atom is 0.264 e. The van der Waals surface area contributed by atoms with Crippen LogP contribution < -0.4 is 14.4 Å². The molecule has 2 heterocycles. The Labute approximate surface area is 278 Å². The summed E-state index contributed by atoms with van der Waals surface area (Å²) in [7, 11) is -2.25. The second-order valence-electron chi connectivity index (χ2n) is 14.1. The van der Waals surface area contributed by atoms with Gasteiger partial charge >= 0.3 is 0 Å². The van der Waals surface area contributed by atoms with Crippen LogP contribution >= 0.6 is 11.6 Å². The number of benzene rings is 2. The number of carbonyl (C=O) groups excluding carboxylic acids is 1. The molecule has 6 atom stereocenters. The van der Waals surface area contributed by atoms with Gasteiger partial charge in [0.15, 0.2) is 0 Å². The molecule has 1 fully saturated rings. The minimum atomic E-state index is -3.93. The molecule has 46 heavy (non-hydrogen) atoms. The van der Waals surface area contributed by atoms with E-state index in [1.165, 1.54) is 11.1 Å². The fourth-order valence-corrected chi connectivity index (χ4v) is 9.48. The Bertz CT molecular complexity index is 1600. The Hall–Kier alpha value is -2.59. The van der Waals surface area contributed by atoms with E-state index in [0.29, 0.717) is 50.0 Å². The summed E-state index contributed by atoms with van der Waals surface area (Å²) in [5, 5.41) is -0.0300. The van der Waals surface area contributed by atoms with Crippen molar-refractivity contribution in [3.05, 3.63) is 70.3 Å². The van der Waals surface area contributed by atoms with Gasteiger partial charge in [0.2, 0.25) is 10.0 Å². The van der Waals surface area contributed by atoms with Crippen molar-refractivity contribution in [2.24, 2.45) is 17.8 Å². The van der Waals surface area contributed by atoms with Crippen molar-refractivity contribution >= 4 is 33.2 Å². The lowest BCUT2D eigenvalue weighted by atomic mass is 9.64. The first-order valence-corrected chi connectivity index (χ1v) is 18.5. The van der Waals surface area contributed by atoms with Gasteiger partial charge in [-0.25, -0.2) is 13.1 Å². The number of hydrogen-bond donors (Lipinski definition) is 1. The summed E-state index contributed by atoms with van der Waals surface area (Å²) in [5.74, 6) is 0.473. The Kier molecular flexibility index (Phi) is 9.51. The second-order valence-corrected chi connectivity index (χ2v) is 16.5. The molecule has 4 aliphatic rings. The molecule has 0 aromatic heterocycles. The number of carbonyl (C=O) groups is 1. The third-order valence-electron chi connectivity index (χ3n) is 11.1. The first-order chi connectivity index (χ1) is 21.9. The number of allylic oxidation sites excluding steroid dienone is 1. The van der Waals surface area contributed by atoms with Gasteiger partial charge in [0, 0.05) is 36.2 Å². The van der Waals surface area contributed by atoms with Crippen molar-refractivity contribution in [2.45, 2.75) is 75.6 Å². The monoisotopic (exact) mass is 670 g/mol. The highest BCUT2D eigenvalue weighted by atomic mass is 35.5. The minimum absolute atomic E-state index is 0.213. The number of methoxy groups -OCH3 is 1. The van der Waals surface area contributed by atoms with E-state index in [0.717, 1.165) is 49.4 Å². The van der Waals surface area contributed by atoms with E-state index in [2.05, 4.69) is 40.8 Å². The van der Waals surface area contributed by atoms with Crippen LogP contribution in [0.15, 0.2) is 48.6 Å². The summed E-state index contributed by atoms with van der Waals surface area (Å²) in [5.41, 5.74) is 2.87. The Balaban J connectivity index is 1.43. The largest absolute Gasteiger partial charge is 0.490 e. The number of halogens is 1. The number of rotatable bonds is 4. The molecular formula is C36H47ClN2O6S. The Morgan fingerprint density at radius 3 is 2.72 bits per heavy atom. The molecule has 250 valence electrons. The molecule has 1 saturated carbocycles. The number of ether oxygens (including phenoxy) is 3. The average Bonchev–Trinajstić information content (AvgIpc) is 3.15. The molecule has 0 radical (unpaired) electrons. The lowest BCUT2D eigenvalue weighted by Gasteiger charge is -2.49. The van der Waals surface area contributed by atoms with Crippen molar-refractivity contribution < 1.29 is 27.4 Å². The lowest BCUT2D eigenvalue weighted by molar-refractivity contribution is -0.0968. The van der Waals surface area contributed by atoms with E-state index in [4.69, 9.17) is 25.8 Å². The summed E-state index contributed by atoms with van der Waals surface area (Å²) in [6.45, 7) is 8.68. The van der Waals surface area contributed by atoms with Crippen molar-refractivity contribution in [1.29, 1.82) is 0 Å². The highest BCUT2D eigenvalue weighted by Gasteiger charge is 2.47. The van der Waals surface area contributed by atoms with Crippen LogP contribution in [0.25, 0.3) is 0 Å². The smallest absolute Gasteiger partial charge is 0.264 e. The van der Waals surface area contributed by atoms with Gasteiger partial charge in [0.25, 0.3) is 5.91 Å². The number of sulfonamides is 1. The summed E-state index contributed by atoms with van der Waals surface area (Å²) in [6, 6.07) is 11.5. The van der Waals surface area contributed by atoms with Gasteiger partial charge in [0.05, 0.1) is 36.4 Å². The van der Waals surface area contributed by atoms with E-state index >= 15 is 0 Å². The van der Waals surface area contributed by atoms with Gasteiger partial charge in [-0.2, -0.15) is 0 Å². The SMILES string of the molecule is COCCO[C@@]1(C)/C=C/C[C@H](C)[C@@H](C)S(=O)(=O)NC(=O)c2ccc3c(c2)N(C[C@@H]2CC[C@H]21)C[C@@]1(CCCc2cc(Cl)ccc21)CO3. The molecule has 0 saturated heterocycles. The summed E-state index contributed by atoms with van der Waals surface area (Å²) >= 11 is 6.44. The van der Waals surface area contributed by atoms with Crippen LogP contribution in [-0.4, -0.2) is 65.2 Å². The fourth-order valence-electron chi connectivity index (χ4n) is 8.00. The molecule has 1 amide bonds. The van der Waals surface area contributed by atoms with Gasteiger partial charge in [-0.3, -0.25) is 4.79 Å². The van der Waals surface area contributed by atoms with Crippen LogP contribution in [0.4, 0.5) is 5.69 Å². The van der Waals surface area contributed by atoms with Gasteiger partial charge in [-0.1, -0.05) is 36.7 Å². The standard InChI is InChI=1S/C36H47ClN2O6S/c1-24-7-5-15-35(3,45-18-17-43-4)30-12-9-28(30)21-39-22-36(16-6-8-26-19-29(37)11-13-31(26)36)23-44-33-14-10-27(20-32(33)39)34(40)38-46(41,42)25(24)2/h5,10-11,13-15,19-20,24-25,28,30H,6-9,12,16-18,21-23H2,1-4H3,(H,38,40)/b15-5+/t24-,25+,28-,30+,35-,36-/m0/s1. The van der Waals surface area contributed by atoms with E-state index < -0.39 is 26.8 Å². The van der Waals surface area contributed by atoms with Crippen molar-refractivity contribution in [1.82, 2.24) is 4.72 Å². The molecule has 6 rings (SSSR count). The molecule has 1 spiro atoms. The average molecular weight is 671 g/mol. The minimum Gasteiger partial charge on any atom is -0.490 e. The molecule has 10 heteroatoms. The van der Waals surface area contributed by atoms with Crippen molar-refractivity contribution in [2.75, 3.05) is 44.9 Å². The van der Waals surface area contributed by atoms with Crippen LogP contribution in [0.3, 0.4) is 0 Å². The Morgan fingerprint density at radius 1 is 1.13 bits per heavy atom. The molecule has 0 unspecified atom stereocenters. The maximum atomic E-state index is 13.5. The number of fused-ring (bicyclic) bond motifs is 4. The maximum absolute atomic E-state index is 13.5. The molecular weight excluding hydrogens is 624 g/mol. The summed E-state index contributed by atoms with van der Waals surface area (Å²) < 4.78 is 47.6. The highest BCUT2D eigenvalue weighted by Crippen LogP contribution is 2.49. The van der Waals surface area contributed by atoms with Gasteiger partial charge in [0.1, 0.15) is 5.75 Å². The zero-order valence-corrected chi connectivity index (χ0v) is 29.0. The number of hydrogen-bond acceptors (Lipinski definition) is 7.